The van der Waals surface area contributed by atoms with E-state index in [2.05, 4.69) is 25.9 Å². The van der Waals surface area contributed by atoms with Crippen LogP contribution in [0.3, 0.4) is 0 Å². The average molecular weight is 504 g/mol. The van der Waals surface area contributed by atoms with Gasteiger partial charge in [0.15, 0.2) is 9.84 Å². The SMILES string of the molecule is Cc1cccc(C)c1CS(=O)(=O)c1ccc2c(c1)SC(=Cc1ccc(-c3nn[nH]n3)cc1)C(=O)N2. The number of rotatable bonds is 5. The monoisotopic (exact) mass is 503 g/mol. The van der Waals surface area contributed by atoms with Gasteiger partial charge < -0.3 is 5.32 Å². The third-order valence-corrected chi connectivity index (χ3v) is 8.52. The molecule has 0 spiro atoms. The van der Waals surface area contributed by atoms with Crippen LogP contribution in [0.1, 0.15) is 22.3 Å². The van der Waals surface area contributed by atoms with Gasteiger partial charge in [-0.15, -0.1) is 10.2 Å². The summed E-state index contributed by atoms with van der Waals surface area (Å²) in [7, 11) is -3.57. The quantitative estimate of drug-likeness (QED) is 0.384. The van der Waals surface area contributed by atoms with Gasteiger partial charge in [0.05, 0.1) is 21.2 Å². The van der Waals surface area contributed by atoms with Crippen LogP contribution in [0.15, 0.2) is 75.4 Å². The number of hydrogen-bond acceptors (Lipinski definition) is 7. The molecular formula is C25H21N5O3S2. The van der Waals surface area contributed by atoms with Gasteiger partial charge in [-0.3, -0.25) is 4.79 Å². The van der Waals surface area contributed by atoms with E-state index in [0.717, 1.165) is 27.8 Å². The topological polar surface area (TPSA) is 118 Å². The van der Waals surface area contributed by atoms with Crippen LogP contribution in [-0.2, 0) is 20.4 Å². The van der Waals surface area contributed by atoms with Crippen molar-refractivity contribution < 1.29 is 13.2 Å². The number of carbonyl (C=O) groups is 1. The predicted octanol–water partition coefficient (Wildman–Crippen LogP) is 4.54. The maximum atomic E-state index is 13.2. The molecule has 1 aromatic heterocycles. The van der Waals surface area contributed by atoms with Crippen LogP contribution < -0.4 is 5.32 Å². The van der Waals surface area contributed by atoms with Crippen molar-refractivity contribution in [3.63, 3.8) is 0 Å². The maximum absolute atomic E-state index is 13.2. The van der Waals surface area contributed by atoms with Gasteiger partial charge >= 0.3 is 0 Å². The third kappa shape index (κ3) is 4.75. The van der Waals surface area contributed by atoms with Gasteiger partial charge in [0.2, 0.25) is 5.82 Å². The largest absolute Gasteiger partial charge is 0.320 e. The molecule has 0 saturated heterocycles. The number of H-pyrrole nitrogens is 1. The Morgan fingerprint density at radius 2 is 1.74 bits per heavy atom. The van der Waals surface area contributed by atoms with E-state index in [0.29, 0.717) is 21.3 Å². The summed E-state index contributed by atoms with van der Waals surface area (Å²) in [6.07, 6.45) is 1.76. The summed E-state index contributed by atoms with van der Waals surface area (Å²) in [4.78, 5) is 14.0. The smallest absolute Gasteiger partial charge is 0.262 e. The molecular weight excluding hydrogens is 482 g/mol. The molecule has 1 amide bonds. The second-order valence-electron chi connectivity index (χ2n) is 8.21. The number of carbonyl (C=O) groups excluding carboxylic acids is 1. The number of amides is 1. The van der Waals surface area contributed by atoms with E-state index in [9.17, 15) is 13.2 Å². The summed E-state index contributed by atoms with van der Waals surface area (Å²) >= 11 is 1.25. The minimum Gasteiger partial charge on any atom is -0.320 e. The fourth-order valence-corrected chi connectivity index (χ4v) is 6.48. The highest BCUT2D eigenvalue weighted by atomic mass is 32.2. The molecule has 0 bridgehead atoms. The summed E-state index contributed by atoms with van der Waals surface area (Å²) in [6, 6.07) is 18.0. The number of tetrazole rings is 1. The first-order valence-corrected chi connectivity index (χ1v) is 13.2. The molecule has 35 heavy (non-hydrogen) atoms. The van der Waals surface area contributed by atoms with Crippen molar-refractivity contribution in [2.45, 2.75) is 29.4 Å². The summed E-state index contributed by atoms with van der Waals surface area (Å²) < 4.78 is 26.5. The van der Waals surface area contributed by atoms with Gasteiger partial charge in [-0.2, -0.15) is 5.21 Å². The molecule has 10 heteroatoms. The minimum atomic E-state index is -3.57. The number of thioether (sulfide) groups is 1. The van der Waals surface area contributed by atoms with Crippen molar-refractivity contribution in [3.8, 4) is 11.4 Å². The lowest BCUT2D eigenvalue weighted by atomic mass is 10.1. The Labute approximate surface area is 206 Å². The molecule has 0 aliphatic carbocycles. The number of fused-ring (bicyclic) bond motifs is 1. The van der Waals surface area contributed by atoms with Gasteiger partial charge in [-0.1, -0.05) is 54.2 Å². The third-order valence-electron chi connectivity index (χ3n) is 5.79. The van der Waals surface area contributed by atoms with Crippen LogP contribution >= 0.6 is 11.8 Å². The van der Waals surface area contributed by atoms with E-state index in [-0.39, 0.29) is 16.6 Å². The highest BCUT2D eigenvalue weighted by molar-refractivity contribution is 8.04. The first kappa shape index (κ1) is 23.0. The number of hydrogen-bond donors (Lipinski definition) is 2. The Bertz CT molecular complexity index is 1540. The molecule has 1 aliphatic rings. The number of aromatic amines is 1. The molecule has 0 radical (unpaired) electrons. The Morgan fingerprint density at radius 1 is 1.00 bits per heavy atom. The van der Waals surface area contributed by atoms with Crippen molar-refractivity contribution in [2.75, 3.05) is 5.32 Å². The Balaban J connectivity index is 1.41. The van der Waals surface area contributed by atoms with Crippen molar-refractivity contribution >= 4 is 39.3 Å². The molecule has 1 aliphatic heterocycles. The molecule has 5 rings (SSSR count). The lowest BCUT2D eigenvalue weighted by molar-refractivity contribution is -0.112. The fourth-order valence-electron chi connectivity index (χ4n) is 3.84. The van der Waals surface area contributed by atoms with Crippen molar-refractivity contribution in [1.29, 1.82) is 0 Å². The Hall–Kier alpha value is -3.76. The first-order valence-electron chi connectivity index (χ1n) is 10.8. The summed E-state index contributed by atoms with van der Waals surface area (Å²) in [5.41, 5.74) is 4.92. The number of nitrogens with one attached hydrogen (secondary N) is 2. The molecule has 4 aromatic rings. The van der Waals surface area contributed by atoms with Crippen LogP contribution in [-0.4, -0.2) is 34.9 Å². The van der Waals surface area contributed by atoms with E-state index < -0.39 is 9.84 Å². The van der Waals surface area contributed by atoms with E-state index in [1.54, 1.807) is 24.3 Å². The van der Waals surface area contributed by atoms with Crippen molar-refractivity contribution in [2.24, 2.45) is 0 Å². The highest BCUT2D eigenvalue weighted by Crippen LogP contribution is 2.40. The van der Waals surface area contributed by atoms with Crippen LogP contribution in [0.25, 0.3) is 17.5 Å². The Morgan fingerprint density at radius 3 is 2.43 bits per heavy atom. The number of benzene rings is 3. The summed E-state index contributed by atoms with van der Waals surface area (Å²) in [5.74, 6) is 0.171. The van der Waals surface area contributed by atoms with Crippen LogP contribution in [0, 0.1) is 13.8 Å². The van der Waals surface area contributed by atoms with Gasteiger partial charge in [-0.05, 0) is 65.6 Å². The normalized spacial score (nSPS) is 14.6. The molecule has 2 N–H and O–H groups in total. The lowest BCUT2D eigenvalue weighted by Gasteiger charge is -2.20. The zero-order valence-corrected chi connectivity index (χ0v) is 20.6. The minimum absolute atomic E-state index is 0.0727. The van der Waals surface area contributed by atoms with Crippen molar-refractivity contribution in [1.82, 2.24) is 20.6 Å². The summed E-state index contributed by atoms with van der Waals surface area (Å²) in [5, 5.41) is 16.7. The summed E-state index contributed by atoms with van der Waals surface area (Å²) in [6.45, 7) is 3.84. The highest BCUT2D eigenvalue weighted by Gasteiger charge is 2.25. The average Bonchev–Trinajstić information content (AvgIpc) is 3.37. The van der Waals surface area contributed by atoms with Crippen LogP contribution in [0.5, 0.6) is 0 Å². The first-order chi connectivity index (χ1) is 16.8. The molecule has 8 nitrogen and oxygen atoms in total. The fraction of sp³-hybridized carbons (Fsp3) is 0.120. The van der Waals surface area contributed by atoms with Gasteiger partial charge in [0.25, 0.3) is 5.91 Å². The number of aromatic nitrogens is 4. The van der Waals surface area contributed by atoms with E-state index in [1.165, 1.54) is 11.8 Å². The zero-order valence-electron chi connectivity index (χ0n) is 18.9. The van der Waals surface area contributed by atoms with Gasteiger partial charge in [0.1, 0.15) is 0 Å². The standard InChI is InChI=1S/C25H21N5O3S2/c1-15-4-3-5-16(2)20(15)14-35(32,33)19-10-11-21-22(13-19)34-23(25(31)26-21)12-17-6-8-18(9-7-17)24-27-29-30-28-24/h3-13H,14H2,1-2H3,(H,26,31)(H,27,28,29,30). The second kappa shape index (κ2) is 9.12. The lowest BCUT2D eigenvalue weighted by Crippen LogP contribution is -2.17. The molecule has 0 fully saturated rings. The molecule has 2 heterocycles. The van der Waals surface area contributed by atoms with Gasteiger partial charge in [0, 0.05) is 10.5 Å². The molecule has 0 atom stereocenters. The molecule has 0 saturated carbocycles. The Kier molecular flexibility index (Phi) is 6.00. The number of aryl methyl sites for hydroxylation is 2. The van der Waals surface area contributed by atoms with Gasteiger partial charge in [-0.25, -0.2) is 8.42 Å². The number of sulfone groups is 1. The maximum Gasteiger partial charge on any atom is 0.262 e. The van der Waals surface area contributed by atoms with E-state index in [4.69, 9.17) is 0 Å². The zero-order chi connectivity index (χ0) is 24.6. The van der Waals surface area contributed by atoms with E-state index in [1.807, 2.05) is 56.3 Å². The van der Waals surface area contributed by atoms with Crippen molar-refractivity contribution in [3.05, 3.63) is 87.8 Å². The number of nitrogens with zero attached hydrogens (tertiary/aromatic N) is 3. The molecule has 3 aromatic carbocycles. The van der Waals surface area contributed by atoms with E-state index >= 15 is 0 Å². The van der Waals surface area contributed by atoms with Crippen LogP contribution in [0.2, 0.25) is 0 Å². The number of anilines is 1. The predicted molar refractivity (Wildman–Crippen MR) is 135 cm³/mol. The van der Waals surface area contributed by atoms with Crippen LogP contribution in [0.4, 0.5) is 5.69 Å². The molecule has 176 valence electrons. The molecule has 0 unspecified atom stereocenters. The second-order valence-corrected chi connectivity index (χ2v) is 11.3.